The number of para-hydroxylation sites is 1. The first-order valence-corrected chi connectivity index (χ1v) is 10.4. The van der Waals surface area contributed by atoms with Gasteiger partial charge in [0.25, 0.3) is 0 Å². The molecule has 28 heavy (non-hydrogen) atoms. The summed E-state index contributed by atoms with van der Waals surface area (Å²) in [5, 5.41) is 0. The van der Waals surface area contributed by atoms with Gasteiger partial charge < -0.3 is 9.64 Å². The standard InChI is InChI=1S/C26H29NO/c1-4-10-22(11-5-1)23-16-19-27(20-17-23)21-18-26(24-12-6-2-7-13-24)28-25-14-8-3-9-15-25/h1-15,23,26H,16-21H2/t26-/m1/s1. The monoisotopic (exact) mass is 371 g/mol. The number of benzene rings is 3. The van der Waals surface area contributed by atoms with Crippen molar-refractivity contribution in [1.82, 2.24) is 4.90 Å². The second kappa shape index (κ2) is 9.57. The van der Waals surface area contributed by atoms with Gasteiger partial charge in [0.1, 0.15) is 11.9 Å². The van der Waals surface area contributed by atoms with E-state index in [0.29, 0.717) is 5.92 Å². The van der Waals surface area contributed by atoms with Crippen LogP contribution in [0.1, 0.15) is 42.4 Å². The van der Waals surface area contributed by atoms with E-state index in [1.54, 1.807) is 0 Å². The Morgan fingerprint density at radius 2 is 1.32 bits per heavy atom. The maximum atomic E-state index is 6.36. The number of likely N-dealkylation sites (tertiary alicyclic amines) is 1. The Labute approximate surface area is 168 Å². The summed E-state index contributed by atoms with van der Waals surface area (Å²) in [7, 11) is 0. The fourth-order valence-electron chi connectivity index (χ4n) is 4.14. The van der Waals surface area contributed by atoms with Crippen LogP contribution < -0.4 is 4.74 Å². The minimum absolute atomic E-state index is 0.0930. The minimum atomic E-state index is 0.0930. The van der Waals surface area contributed by atoms with Crippen LogP contribution in [0.25, 0.3) is 0 Å². The summed E-state index contributed by atoms with van der Waals surface area (Å²) in [6, 6.07) is 31.8. The van der Waals surface area contributed by atoms with Crippen molar-refractivity contribution in [1.29, 1.82) is 0 Å². The second-order valence-electron chi connectivity index (χ2n) is 7.65. The lowest BCUT2D eigenvalue weighted by Crippen LogP contribution is -2.34. The predicted molar refractivity (Wildman–Crippen MR) is 116 cm³/mol. The summed E-state index contributed by atoms with van der Waals surface area (Å²) in [4.78, 5) is 2.60. The van der Waals surface area contributed by atoms with Crippen molar-refractivity contribution < 1.29 is 4.74 Å². The first-order chi connectivity index (χ1) is 13.9. The highest BCUT2D eigenvalue weighted by Crippen LogP contribution is 2.29. The Morgan fingerprint density at radius 3 is 1.96 bits per heavy atom. The molecule has 0 amide bonds. The van der Waals surface area contributed by atoms with Gasteiger partial charge >= 0.3 is 0 Å². The number of piperidine rings is 1. The third-order valence-corrected chi connectivity index (χ3v) is 5.76. The average molecular weight is 372 g/mol. The van der Waals surface area contributed by atoms with Gasteiger partial charge in [-0.05, 0) is 55.1 Å². The maximum absolute atomic E-state index is 6.36. The molecule has 3 aromatic carbocycles. The summed E-state index contributed by atoms with van der Waals surface area (Å²) >= 11 is 0. The fraction of sp³-hybridized carbons (Fsp3) is 0.308. The Hall–Kier alpha value is -2.58. The fourth-order valence-corrected chi connectivity index (χ4v) is 4.14. The largest absolute Gasteiger partial charge is 0.486 e. The highest BCUT2D eigenvalue weighted by Gasteiger charge is 2.22. The normalized spacial score (nSPS) is 16.6. The molecular formula is C26H29NO. The van der Waals surface area contributed by atoms with Crippen LogP contribution in [0.2, 0.25) is 0 Å². The molecule has 0 saturated carbocycles. The van der Waals surface area contributed by atoms with Crippen molar-refractivity contribution >= 4 is 0 Å². The molecule has 1 aliphatic heterocycles. The molecule has 0 aliphatic carbocycles. The van der Waals surface area contributed by atoms with Crippen molar-refractivity contribution in [3.05, 3.63) is 102 Å². The Bertz CT molecular complexity index is 811. The zero-order valence-corrected chi connectivity index (χ0v) is 16.4. The van der Waals surface area contributed by atoms with Gasteiger partial charge in [0.05, 0.1) is 0 Å². The molecule has 3 aromatic rings. The molecule has 0 bridgehead atoms. The maximum Gasteiger partial charge on any atom is 0.125 e. The SMILES string of the molecule is c1ccc(O[C@H](CCN2CCC(c3ccccc3)CC2)c2ccccc2)cc1. The summed E-state index contributed by atoms with van der Waals surface area (Å²) < 4.78 is 6.36. The van der Waals surface area contributed by atoms with E-state index in [4.69, 9.17) is 4.74 Å². The molecule has 1 atom stereocenters. The van der Waals surface area contributed by atoms with Crippen LogP contribution in [0.4, 0.5) is 0 Å². The van der Waals surface area contributed by atoms with Crippen molar-refractivity contribution in [2.45, 2.75) is 31.3 Å². The van der Waals surface area contributed by atoms with E-state index < -0.39 is 0 Å². The van der Waals surface area contributed by atoms with Gasteiger partial charge in [0.2, 0.25) is 0 Å². The smallest absolute Gasteiger partial charge is 0.125 e. The minimum Gasteiger partial charge on any atom is -0.486 e. The number of rotatable bonds is 7. The number of nitrogens with zero attached hydrogens (tertiary/aromatic N) is 1. The lowest BCUT2D eigenvalue weighted by molar-refractivity contribution is 0.147. The Morgan fingerprint density at radius 1 is 0.750 bits per heavy atom. The van der Waals surface area contributed by atoms with E-state index in [2.05, 4.69) is 65.6 Å². The zero-order chi connectivity index (χ0) is 19.0. The molecule has 1 heterocycles. The summed E-state index contributed by atoms with van der Waals surface area (Å²) in [5.41, 5.74) is 2.75. The lowest BCUT2D eigenvalue weighted by Gasteiger charge is -2.33. The molecule has 1 saturated heterocycles. The van der Waals surface area contributed by atoms with E-state index in [1.165, 1.54) is 37.1 Å². The molecule has 1 fully saturated rings. The zero-order valence-electron chi connectivity index (χ0n) is 16.4. The van der Waals surface area contributed by atoms with E-state index in [1.807, 2.05) is 30.3 Å². The van der Waals surface area contributed by atoms with E-state index >= 15 is 0 Å². The Balaban J connectivity index is 1.34. The van der Waals surface area contributed by atoms with Crippen LogP contribution in [0.15, 0.2) is 91.0 Å². The third-order valence-electron chi connectivity index (χ3n) is 5.76. The predicted octanol–water partition coefficient (Wildman–Crippen LogP) is 6.08. The van der Waals surface area contributed by atoms with Crippen LogP contribution in [-0.2, 0) is 0 Å². The van der Waals surface area contributed by atoms with E-state index in [-0.39, 0.29) is 6.10 Å². The van der Waals surface area contributed by atoms with Crippen molar-refractivity contribution in [2.24, 2.45) is 0 Å². The first kappa shape index (κ1) is 18.8. The van der Waals surface area contributed by atoms with Gasteiger partial charge in [0, 0.05) is 13.0 Å². The van der Waals surface area contributed by atoms with Crippen LogP contribution >= 0.6 is 0 Å². The number of ether oxygens (including phenoxy) is 1. The third kappa shape index (κ3) is 5.02. The highest BCUT2D eigenvalue weighted by atomic mass is 16.5. The van der Waals surface area contributed by atoms with Gasteiger partial charge in [-0.1, -0.05) is 78.9 Å². The van der Waals surface area contributed by atoms with Crippen LogP contribution in [-0.4, -0.2) is 24.5 Å². The summed E-state index contributed by atoms with van der Waals surface area (Å²) in [6.07, 6.45) is 3.60. The molecule has 1 aliphatic rings. The molecule has 2 nitrogen and oxygen atoms in total. The number of hydrogen-bond donors (Lipinski definition) is 0. The van der Waals surface area contributed by atoms with E-state index in [0.717, 1.165) is 18.7 Å². The van der Waals surface area contributed by atoms with Crippen LogP contribution in [0, 0.1) is 0 Å². The average Bonchev–Trinajstić information content (AvgIpc) is 2.79. The molecule has 2 heteroatoms. The van der Waals surface area contributed by atoms with Gasteiger partial charge in [-0.25, -0.2) is 0 Å². The van der Waals surface area contributed by atoms with Gasteiger partial charge in [-0.2, -0.15) is 0 Å². The lowest BCUT2D eigenvalue weighted by atomic mass is 9.89. The van der Waals surface area contributed by atoms with Crippen molar-refractivity contribution in [2.75, 3.05) is 19.6 Å². The van der Waals surface area contributed by atoms with Crippen LogP contribution in [0.5, 0.6) is 5.75 Å². The highest BCUT2D eigenvalue weighted by molar-refractivity contribution is 5.24. The summed E-state index contributed by atoms with van der Waals surface area (Å²) in [6.45, 7) is 3.42. The molecule has 144 valence electrons. The van der Waals surface area contributed by atoms with Gasteiger partial charge in [0.15, 0.2) is 0 Å². The van der Waals surface area contributed by atoms with Gasteiger partial charge in [-0.3, -0.25) is 0 Å². The molecule has 4 rings (SSSR count). The van der Waals surface area contributed by atoms with E-state index in [9.17, 15) is 0 Å². The summed E-state index contributed by atoms with van der Waals surface area (Å²) in [5.74, 6) is 1.65. The second-order valence-corrected chi connectivity index (χ2v) is 7.65. The molecular weight excluding hydrogens is 342 g/mol. The van der Waals surface area contributed by atoms with Crippen LogP contribution in [0.3, 0.4) is 0 Å². The molecule has 0 radical (unpaired) electrons. The number of hydrogen-bond acceptors (Lipinski definition) is 2. The molecule has 0 unspecified atom stereocenters. The molecule has 0 spiro atoms. The molecule has 0 N–H and O–H groups in total. The van der Waals surface area contributed by atoms with Crippen molar-refractivity contribution in [3.63, 3.8) is 0 Å². The van der Waals surface area contributed by atoms with Crippen molar-refractivity contribution in [3.8, 4) is 5.75 Å². The Kier molecular flexibility index (Phi) is 6.41. The topological polar surface area (TPSA) is 12.5 Å². The first-order valence-electron chi connectivity index (χ1n) is 10.4. The quantitative estimate of drug-likeness (QED) is 0.499. The van der Waals surface area contributed by atoms with Gasteiger partial charge in [-0.15, -0.1) is 0 Å². The molecule has 0 aromatic heterocycles.